The van der Waals surface area contributed by atoms with Gasteiger partial charge in [0, 0.05) is 32.1 Å². The van der Waals surface area contributed by atoms with E-state index >= 15 is 0 Å². The molecule has 3 atom stereocenters. The molecule has 1 aliphatic heterocycles. The van der Waals surface area contributed by atoms with Crippen LogP contribution in [0, 0.1) is 11.8 Å². The number of hydrogen-bond donors (Lipinski definition) is 2. The maximum atomic E-state index is 12.1. The maximum absolute atomic E-state index is 12.1. The highest BCUT2D eigenvalue weighted by Gasteiger charge is 2.33. The molecule has 0 aromatic rings. The molecule has 2 amide bonds. The molecule has 0 bridgehead atoms. The van der Waals surface area contributed by atoms with E-state index < -0.39 is 5.97 Å². The van der Waals surface area contributed by atoms with E-state index in [0.717, 1.165) is 19.5 Å². The molecule has 1 saturated heterocycles. The van der Waals surface area contributed by atoms with Crippen LogP contribution in [-0.4, -0.2) is 66.7 Å². The summed E-state index contributed by atoms with van der Waals surface area (Å²) in [6.45, 7) is 6.37. The second-order valence-electron chi connectivity index (χ2n) is 6.47. The van der Waals surface area contributed by atoms with Crippen molar-refractivity contribution in [2.75, 3.05) is 33.7 Å². The predicted octanol–water partition coefficient (Wildman–Crippen LogP) is 1.47. The molecule has 1 rings (SSSR count). The molecule has 1 fully saturated rings. The van der Waals surface area contributed by atoms with Crippen LogP contribution in [0.25, 0.3) is 0 Å². The van der Waals surface area contributed by atoms with Crippen molar-refractivity contribution in [3.8, 4) is 0 Å². The van der Waals surface area contributed by atoms with Gasteiger partial charge in [-0.1, -0.05) is 13.8 Å². The third kappa shape index (κ3) is 5.91. The molecular weight excluding hydrogens is 270 g/mol. The second-order valence-corrected chi connectivity index (χ2v) is 6.47. The minimum Gasteiger partial charge on any atom is -0.481 e. The lowest BCUT2D eigenvalue weighted by Crippen LogP contribution is -2.41. The number of amides is 2. The maximum Gasteiger partial charge on any atom is 0.317 e. The third-order valence-electron chi connectivity index (χ3n) is 4.29. The number of nitrogens with zero attached hydrogens (tertiary/aromatic N) is 2. The molecule has 122 valence electrons. The first kappa shape index (κ1) is 17.8. The lowest BCUT2D eigenvalue weighted by Gasteiger charge is -2.22. The number of carbonyl (C=O) groups is 2. The van der Waals surface area contributed by atoms with Gasteiger partial charge in [0.15, 0.2) is 0 Å². The van der Waals surface area contributed by atoms with Gasteiger partial charge in [0.05, 0.1) is 0 Å². The molecule has 1 heterocycles. The van der Waals surface area contributed by atoms with E-state index in [1.54, 1.807) is 0 Å². The van der Waals surface area contributed by atoms with Crippen LogP contribution in [-0.2, 0) is 4.79 Å². The normalized spacial score (nSPS) is 23.4. The van der Waals surface area contributed by atoms with Gasteiger partial charge < -0.3 is 20.2 Å². The highest BCUT2D eigenvalue weighted by Crippen LogP contribution is 2.19. The van der Waals surface area contributed by atoms with Gasteiger partial charge in [0.2, 0.25) is 0 Å². The summed E-state index contributed by atoms with van der Waals surface area (Å²) in [6.07, 6.45) is 1.68. The van der Waals surface area contributed by atoms with Crippen LogP contribution < -0.4 is 5.32 Å². The molecule has 0 spiro atoms. The first-order valence-corrected chi connectivity index (χ1v) is 7.72. The van der Waals surface area contributed by atoms with Crippen molar-refractivity contribution in [1.82, 2.24) is 15.1 Å². The Morgan fingerprint density at radius 3 is 2.52 bits per heavy atom. The smallest absolute Gasteiger partial charge is 0.317 e. The standard InChI is InChI=1S/C15H29N3O3/c1-11(5-6-14(19)20)7-8-16-15(21)18-9-12(2)13(10-18)17(3)4/h11-13H,5-10H2,1-4H3,(H,16,21)(H,19,20). The number of nitrogens with one attached hydrogen (secondary N) is 1. The molecule has 0 saturated carbocycles. The molecule has 0 aromatic heterocycles. The Hall–Kier alpha value is -1.30. The highest BCUT2D eigenvalue weighted by molar-refractivity contribution is 5.74. The van der Waals surface area contributed by atoms with E-state index in [9.17, 15) is 9.59 Å². The fourth-order valence-corrected chi connectivity index (χ4v) is 2.84. The molecule has 0 radical (unpaired) electrons. The molecular formula is C15H29N3O3. The van der Waals surface area contributed by atoms with Crippen LogP contribution >= 0.6 is 0 Å². The Balaban J connectivity index is 2.24. The van der Waals surface area contributed by atoms with Crippen molar-refractivity contribution >= 4 is 12.0 Å². The van der Waals surface area contributed by atoms with Crippen LogP contribution in [0.4, 0.5) is 4.79 Å². The van der Waals surface area contributed by atoms with Crippen molar-refractivity contribution < 1.29 is 14.7 Å². The molecule has 0 aromatic carbocycles. The van der Waals surface area contributed by atoms with E-state index in [1.165, 1.54) is 0 Å². The Kier molecular flexibility index (Phi) is 6.95. The van der Waals surface area contributed by atoms with Gasteiger partial charge in [-0.2, -0.15) is 0 Å². The number of hydrogen-bond acceptors (Lipinski definition) is 3. The predicted molar refractivity (Wildman–Crippen MR) is 82.3 cm³/mol. The lowest BCUT2D eigenvalue weighted by atomic mass is 10.0. The van der Waals surface area contributed by atoms with E-state index in [1.807, 2.05) is 25.9 Å². The van der Waals surface area contributed by atoms with E-state index in [-0.39, 0.29) is 12.5 Å². The van der Waals surface area contributed by atoms with Gasteiger partial charge in [-0.25, -0.2) is 4.79 Å². The van der Waals surface area contributed by atoms with Crippen molar-refractivity contribution in [1.29, 1.82) is 0 Å². The zero-order chi connectivity index (χ0) is 16.0. The number of likely N-dealkylation sites (N-methyl/N-ethyl adjacent to an activating group) is 1. The van der Waals surface area contributed by atoms with Crippen molar-refractivity contribution in [2.24, 2.45) is 11.8 Å². The summed E-state index contributed by atoms with van der Waals surface area (Å²) in [5.41, 5.74) is 0. The molecule has 6 nitrogen and oxygen atoms in total. The summed E-state index contributed by atoms with van der Waals surface area (Å²) in [7, 11) is 4.10. The summed E-state index contributed by atoms with van der Waals surface area (Å²) in [4.78, 5) is 26.6. The quantitative estimate of drug-likeness (QED) is 0.746. The largest absolute Gasteiger partial charge is 0.481 e. The number of aliphatic carboxylic acids is 1. The van der Waals surface area contributed by atoms with Crippen LogP contribution in [0.5, 0.6) is 0 Å². The molecule has 3 unspecified atom stereocenters. The highest BCUT2D eigenvalue weighted by atomic mass is 16.4. The van der Waals surface area contributed by atoms with Gasteiger partial charge in [0.1, 0.15) is 0 Å². The van der Waals surface area contributed by atoms with Crippen LogP contribution in [0.2, 0.25) is 0 Å². The average Bonchev–Trinajstić information content (AvgIpc) is 2.78. The van der Waals surface area contributed by atoms with Crippen LogP contribution in [0.3, 0.4) is 0 Å². The van der Waals surface area contributed by atoms with Crippen molar-refractivity contribution in [2.45, 2.75) is 39.2 Å². The van der Waals surface area contributed by atoms with Crippen LogP contribution in [0.15, 0.2) is 0 Å². The summed E-state index contributed by atoms with van der Waals surface area (Å²) >= 11 is 0. The van der Waals surface area contributed by atoms with Gasteiger partial charge in [-0.15, -0.1) is 0 Å². The van der Waals surface area contributed by atoms with Crippen LogP contribution in [0.1, 0.15) is 33.1 Å². The zero-order valence-corrected chi connectivity index (χ0v) is 13.6. The minimum absolute atomic E-state index is 0.00312. The fraction of sp³-hybridized carbons (Fsp3) is 0.867. The Morgan fingerprint density at radius 2 is 2.00 bits per heavy atom. The van der Waals surface area contributed by atoms with E-state index in [2.05, 4.69) is 17.1 Å². The number of carboxylic acids is 1. The van der Waals surface area contributed by atoms with Gasteiger partial charge in [0.25, 0.3) is 0 Å². The number of rotatable bonds is 7. The molecule has 0 aliphatic carbocycles. The average molecular weight is 299 g/mol. The SMILES string of the molecule is CC(CCNC(=O)N1CC(C)C(N(C)C)C1)CCC(=O)O. The number of carbonyl (C=O) groups excluding carboxylic acids is 1. The minimum atomic E-state index is -0.758. The molecule has 2 N–H and O–H groups in total. The number of urea groups is 1. The summed E-state index contributed by atoms with van der Waals surface area (Å²) in [6, 6.07) is 0.418. The Bertz CT molecular complexity index is 360. The number of carboxylic acid groups (broad SMARTS) is 1. The summed E-state index contributed by atoms with van der Waals surface area (Å²) in [5.74, 6) is 0.0420. The van der Waals surface area contributed by atoms with Crippen molar-refractivity contribution in [3.05, 3.63) is 0 Å². The monoisotopic (exact) mass is 299 g/mol. The van der Waals surface area contributed by atoms with Gasteiger partial charge in [-0.05, 0) is 38.8 Å². The Labute approximate surface area is 127 Å². The third-order valence-corrected chi connectivity index (χ3v) is 4.29. The van der Waals surface area contributed by atoms with Gasteiger partial charge >= 0.3 is 12.0 Å². The lowest BCUT2D eigenvalue weighted by molar-refractivity contribution is -0.137. The first-order valence-electron chi connectivity index (χ1n) is 7.72. The summed E-state index contributed by atoms with van der Waals surface area (Å²) < 4.78 is 0. The number of likely N-dealkylation sites (tertiary alicyclic amines) is 1. The topological polar surface area (TPSA) is 72.9 Å². The van der Waals surface area contributed by atoms with Gasteiger partial charge in [-0.3, -0.25) is 4.79 Å². The van der Waals surface area contributed by atoms with E-state index in [4.69, 9.17) is 5.11 Å². The fourth-order valence-electron chi connectivity index (χ4n) is 2.84. The zero-order valence-electron chi connectivity index (χ0n) is 13.6. The molecule has 6 heteroatoms. The second kappa shape index (κ2) is 8.22. The first-order chi connectivity index (χ1) is 9.81. The molecule has 1 aliphatic rings. The summed E-state index contributed by atoms with van der Waals surface area (Å²) in [5, 5.41) is 11.6. The van der Waals surface area contributed by atoms with E-state index in [0.29, 0.717) is 30.8 Å². The van der Waals surface area contributed by atoms with Crippen molar-refractivity contribution in [3.63, 3.8) is 0 Å². The Morgan fingerprint density at radius 1 is 1.33 bits per heavy atom. The molecule has 21 heavy (non-hydrogen) atoms.